The number of likely N-dealkylation sites (N-methyl/N-ethyl adjacent to an activating group) is 1. The number of carbonyl (C=O) groups is 2. The Balaban J connectivity index is 1.88. The number of amides is 3. The van der Waals surface area contributed by atoms with Crippen molar-refractivity contribution in [3.05, 3.63) is 0 Å². The van der Waals surface area contributed by atoms with Crippen LogP contribution in [0.15, 0.2) is 0 Å². The Morgan fingerprint density at radius 1 is 1.42 bits per heavy atom. The van der Waals surface area contributed by atoms with Gasteiger partial charge in [-0.05, 0) is 31.8 Å². The van der Waals surface area contributed by atoms with Gasteiger partial charge >= 0.3 is 6.03 Å². The van der Waals surface area contributed by atoms with E-state index in [1.807, 2.05) is 0 Å². The highest BCUT2D eigenvalue weighted by atomic mass is 16.2. The topological polar surface area (TPSA) is 78.7 Å². The summed E-state index contributed by atoms with van der Waals surface area (Å²) in [6.07, 6.45) is 3.60. The molecule has 1 aliphatic heterocycles. The second-order valence-corrected chi connectivity index (χ2v) is 5.33. The summed E-state index contributed by atoms with van der Waals surface area (Å²) in [5, 5.41) is 2.55. The lowest BCUT2D eigenvalue weighted by Crippen LogP contribution is -2.45. The van der Waals surface area contributed by atoms with Gasteiger partial charge in [-0.3, -0.25) is 14.6 Å². The summed E-state index contributed by atoms with van der Waals surface area (Å²) in [6, 6.07) is 0.249. The molecule has 1 saturated carbocycles. The van der Waals surface area contributed by atoms with Gasteiger partial charge in [0.1, 0.15) is 0 Å². The van der Waals surface area contributed by atoms with Gasteiger partial charge in [-0.1, -0.05) is 13.3 Å². The molecule has 2 unspecified atom stereocenters. The lowest BCUT2D eigenvalue weighted by Gasteiger charge is -2.32. The summed E-state index contributed by atoms with van der Waals surface area (Å²) in [4.78, 5) is 26.7. The van der Waals surface area contributed by atoms with Crippen molar-refractivity contribution < 1.29 is 9.59 Å². The zero-order valence-corrected chi connectivity index (χ0v) is 11.6. The number of imide groups is 1. The van der Waals surface area contributed by atoms with E-state index in [1.54, 1.807) is 0 Å². The number of nitrogens with zero attached hydrogens (tertiary/aromatic N) is 2. The molecule has 0 aromatic heterocycles. The van der Waals surface area contributed by atoms with Crippen LogP contribution in [0.1, 0.15) is 26.2 Å². The molecule has 2 rings (SSSR count). The molecule has 108 valence electrons. The van der Waals surface area contributed by atoms with E-state index < -0.39 is 0 Å². The molecule has 2 fully saturated rings. The monoisotopic (exact) mass is 268 g/mol. The molecular formula is C13H24N4O2. The molecule has 3 N–H and O–H groups in total. The molecule has 2 atom stereocenters. The van der Waals surface area contributed by atoms with Gasteiger partial charge < -0.3 is 11.1 Å². The standard InChI is InChI=1S/C13H24N4O2/c1-2-16(11-5-3-4-10(11)8-14)6-7-17-12(18)9-15-13(17)19/h10-11H,2-9,14H2,1H3,(H,15,19). The molecule has 1 heterocycles. The van der Waals surface area contributed by atoms with Crippen LogP contribution in [-0.4, -0.2) is 60.5 Å². The summed E-state index contributed by atoms with van der Waals surface area (Å²) < 4.78 is 0. The second-order valence-electron chi connectivity index (χ2n) is 5.33. The molecule has 6 nitrogen and oxygen atoms in total. The number of urea groups is 1. The van der Waals surface area contributed by atoms with E-state index >= 15 is 0 Å². The van der Waals surface area contributed by atoms with Crippen molar-refractivity contribution >= 4 is 11.9 Å². The fourth-order valence-electron chi connectivity index (χ4n) is 3.24. The molecule has 0 aromatic rings. The van der Waals surface area contributed by atoms with E-state index in [1.165, 1.54) is 24.2 Å². The molecule has 19 heavy (non-hydrogen) atoms. The first kappa shape index (κ1) is 14.3. The van der Waals surface area contributed by atoms with Crippen molar-refractivity contribution in [1.29, 1.82) is 0 Å². The minimum absolute atomic E-state index is 0.122. The van der Waals surface area contributed by atoms with Crippen LogP contribution in [0.5, 0.6) is 0 Å². The van der Waals surface area contributed by atoms with Crippen molar-refractivity contribution in [3.63, 3.8) is 0 Å². The van der Waals surface area contributed by atoms with Gasteiger partial charge in [-0.15, -0.1) is 0 Å². The van der Waals surface area contributed by atoms with Gasteiger partial charge in [0, 0.05) is 19.1 Å². The largest absolute Gasteiger partial charge is 0.330 e. The van der Waals surface area contributed by atoms with E-state index in [0.29, 0.717) is 18.5 Å². The van der Waals surface area contributed by atoms with Gasteiger partial charge in [0.25, 0.3) is 0 Å². The van der Waals surface area contributed by atoms with E-state index in [-0.39, 0.29) is 18.5 Å². The van der Waals surface area contributed by atoms with Crippen LogP contribution in [0.25, 0.3) is 0 Å². The number of carbonyl (C=O) groups excluding carboxylic acids is 2. The Kier molecular flexibility index (Phi) is 4.76. The predicted molar refractivity (Wildman–Crippen MR) is 72.5 cm³/mol. The maximum Gasteiger partial charge on any atom is 0.324 e. The Bertz CT molecular complexity index is 332. The predicted octanol–water partition coefficient (Wildman–Crippen LogP) is -0.0125. The van der Waals surface area contributed by atoms with E-state index in [0.717, 1.165) is 19.6 Å². The average molecular weight is 268 g/mol. The number of nitrogens with one attached hydrogen (secondary N) is 1. The smallest absolute Gasteiger partial charge is 0.324 e. The van der Waals surface area contributed by atoms with Crippen LogP contribution < -0.4 is 11.1 Å². The zero-order chi connectivity index (χ0) is 13.8. The zero-order valence-electron chi connectivity index (χ0n) is 11.6. The fourth-order valence-corrected chi connectivity index (χ4v) is 3.24. The van der Waals surface area contributed by atoms with Gasteiger partial charge in [0.15, 0.2) is 0 Å². The third-order valence-corrected chi connectivity index (χ3v) is 4.34. The Morgan fingerprint density at radius 3 is 2.79 bits per heavy atom. The van der Waals surface area contributed by atoms with Crippen LogP contribution in [0, 0.1) is 5.92 Å². The molecule has 0 spiro atoms. The molecule has 6 heteroatoms. The highest BCUT2D eigenvalue weighted by Crippen LogP contribution is 2.29. The lowest BCUT2D eigenvalue weighted by molar-refractivity contribution is -0.125. The molecule has 2 aliphatic rings. The van der Waals surface area contributed by atoms with Crippen molar-refractivity contribution in [2.24, 2.45) is 11.7 Å². The van der Waals surface area contributed by atoms with E-state index in [4.69, 9.17) is 5.73 Å². The van der Waals surface area contributed by atoms with Crippen molar-refractivity contribution in [2.45, 2.75) is 32.2 Å². The van der Waals surface area contributed by atoms with Crippen molar-refractivity contribution in [3.8, 4) is 0 Å². The van der Waals surface area contributed by atoms with Crippen LogP contribution >= 0.6 is 0 Å². The fraction of sp³-hybridized carbons (Fsp3) is 0.846. The third kappa shape index (κ3) is 3.06. The number of rotatable bonds is 6. The minimum Gasteiger partial charge on any atom is -0.330 e. The highest BCUT2D eigenvalue weighted by Gasteiger charge is 2.32. The van der Waals surface area contributed by atoms with E-state index in [9.17, 15) is 9.59 Å². The van der Waals surface area contributed by atoms with Gasteiger partial charge in [-0.25, -0.2) is 4.79 Å². The molecular weight excluding hydrogens is 244 g/mol. The number of nitrogens with two attached hydrogens (primary N) is 1. The molecule has 0 radical (unpaired) electrons. The molecule has 3 amide bonds. The summed E-state index contributed by atoms with van der Waals surface area (Å²) in [7, 11) is 0. The first-order valence-corrected chi connectivity index (χ1v) is 7.19. The van der Waals surface area contributed by atoms with Crippen LogP contribution in [0.4, 0.5) is 4.79 Å². The maximum absolute atomic E-state index is 11.5. The lowest BCUT2D eigenvalue weighted by atomic mass is 10.0. The molecule has 0 aromatic carbocycles. The number of hydrogen-bond acceptors (Lipinski definition) is 4. The first-order chi connectivity index (χ1) is 9.17. The normalized spacial score (nSPS) is 27.4. The Morgan fingerprint density at radius 2 is 2.21 bits per heavy atom. The molecule has 0 bridgehead atoms. The minimum atomic E-state index is -0.261. The van der Waals surface area contributed by atoms with Gasteiger partial charge in [0.05, 0.1) is 6.54 Å². The SMILES string of the molecule is CCN(CCN1C(=O)CNC1=O)C1CCCC1CN. The third-order valence-electron chi connectivity index (χ3n) is 4.34. The summed E-state index contributed by atoms with van der Waals surface area (Å²) >= 11 is 0. The highest BCUT2D eigenvalue weighted by molar-refractivity contribution is 6.01. The summed E-state index contributed by atoms with van der Waals surface area (Å²) in [5.74, 6) is 0.436. The molecule has 1 aliphatic carbocycles. The average Bonchev–Trinajstić information content (AvgIpc) is 3.00. The number of hydrogen-bond donors (Lipinski definition) is 2. The van der Waals surface area contributed by atoms with Crippen LogP contribution in [0.3, 0.4) is 0 Å². The van der Waals surface area contributed by atoms with Gasteiger partial charge in [0.2, 0.25) is 5.91 Å². The maximum atomic E-state index is 11.5. The van der Waals surface area contributed by atoms with Crippen molar-refractivity contribution in [1.82, 2.24) is 15.1 Å². The molecule has 1 saturated heterocycles. The first-order valence-electron chi connectivity index (χ1n) is 7.19. The summed E-state index contributed by atoms with van der Waals surface area (Å²) in [6.45, 7) is 5.15. The van der Waals surface area contributed by atoms with Gasteiger partial charge in [-0.2, -0.15) is 0 Å². The Labute approximate surface area is 114 Å². The second kappa shape index (κ2) is 6.34. The van der Waals surface area contributed by atoms with Crippen molar-refractivity contribution in [2.75, 3.05) is 32.7 Å². The summed E-state index contributed by atoms with van der Waals surface area (Å²) in [5.41, 5.74) is 5.82. The van der Waals surface area contributed by atoms with E-state index in [2.05, 4.69) is 17.1 Å². The van der Waals surface area contributed by atoms with Crippen LogP contribution in [0.2, 0.25) is 0 Å². The quantitative estimate of drug-likeness (QED) is 0.664. The Hall–Kier alpha value is -1.14. The van der Waals surface area contributed by atoms with Crippen LogP contribution in [-0.2, 0) is 4.79 Å².